The molecule has 4 heterocycles. The van der Waals surface area contributed by atoms with Crippen LogP contribution >= 0.6 is 11.3 Å². The Morgan fingerprint density at radius 2 is 2.17 bits per heavy atom. The molecule has 0 spiro atoms. The van der Waals surface area contributed by atoms with Crippen LogP contribution in [-0.4, -0.2) is 69.5 Å². The van der Waals surface area contributed by atoms with Gasteiger partial charge in [0.1, 0.15) is 16.9 Å². The van der Waals surface area contributed by atoms with Crippen molar-refractivity contribution in [2.45, 2.75) is 44.9 Å². The number of nitrogens with zero attached hydrogens (tertiary/aromatic N) is 4. The van der Waals surface area contributed by atoms with E-state index < -0.39 is 0 Å². The molecule has 2 fully saturated rings. The van der Waals surface area contributed by atoms with Crippen LogP contribution in [0.15, 0.2) is 17.9 Å². The Hall–Kier alpha value is -1.44. The molecule has 4 rings (SSSR count). The van der Waals surface area contributed by atoms with Crippen molar-refractivity contribution in [3.63, 3.8) is 0 Å². The first-order valence-corrected chi connectivity index (χ1v) is 9.58. The highest BCUT2D eigenvalue weighted by Crippen LogP contribution is 2.24. The van der Waals surface area contributed by atoms with Gasteiger partial charge < -0.3 is 9.64 Å². The van der Waals surface area contributed by atoms with E-state index in [9.17, 15) is 4.79 Å². The van der Waals surface area contributed by atoms with Crippen LogP contribution in [0.5, 0.6) is 0 Å². The fraction of sp³-hybridized carbons (Fsp3) is 0.647. The Bertz CT molecular complexity index is 717. The first-order chi connectivity index (χ1) is 11.6. The fourth-order valence-electron chi connectivity index (χ4n) is 4.05. The quantitative estimate of drug-likeness (QED) is 0.852. The van der Waals surface area contributed by atoms with E-state index >= 15 is 0 Å². The van der Waals surface area contributed by atoms with Crippen LogP contribution in [0, 0.1) is 0 Å². The molecule has 2 aromatic heterocycles. The van der Waals surface area contributed by atoms with Gasteiger partial charge in [-0.25, -0.2) is 4.98 Å². The van der Waals surface area contributed by atoms with Gasteiger partial charge in [-0.1, -0.05) is 0 Å². The van der Waals surface area contributed by atoms with E-state index in [-0.39, 0.29) is 18.1 Å². The van der Waals surface area contributed by atoms with E-state index in [0.717, 1.165) is 49.5 Å². The molecule has 0 aliphatic carbocycles. The second-order valence-corrected chi connectivity index (χ2v) is 7.88. The number of morpholine rings is 1. The molecule has 2 saturated heterocycles. The second-order valence-electron chi connectivity index (χ2n) is 6.99. The molecule has 7 heteroatoms. The molecule has 1 amide bonds. The number of imidazole rings is 1. The second kappa shape index (κ2) is 6.46. The van der Waals surface area contributed by atoms with Crippen LogP contribution in [0.25, 0.3) is 4.83 Å². The van der Waals surface area contributed by atoms with Gasteiger partial charge in [0.2, 0.25) is 0 Å². The summed E-state index contributed by atoms with van der Waals surface area (Å²) in [6, 6.07) is 0.300. The number of carbonyl (C=O) groups is 1. The number of fused-ring (bicyclic) bond motifs is 1. The number of carbonyl (C=O) groups excluding carboxylic acids is 1. The Labute approximate surface area is 146 Å². The minimum absolute atomic E-state index is 0.135. The number of ether oxygens (including phenoxy) is 1. The van der Waals surface area contributed by atoms with Crippen molar-refractivity contribution in [3.05, 3.63) is 23.6 Å². The molecular weight excluding hydrogens is 324 g/mol. The van der Waals surface area contributed by atoms with Crippen molar-refractivity contribution >= 4 is 22.1 Å². The molecule has 0 bridgehead atoms. The lowest BCUT2D eigenvalue weighted by Gasteiger charge is -2.38. The predicted molar refractivity (Wildman–Crippen MR) is 93.6 cm³/mol. The lowest BCUT2D eigenvalue weighted by Crippen LogP contribution is -2.51. The summed E-state index contributed by atoms with van der Waals surface area (Å²) in [6.45, 7) is 7.95. The minimum Gasteiger partial charge on any atom is -0.373 e. The number of thiazole rings is 1. The summed E-state index contributed by atoms with van der Waals surface area (Å²) in [4.78, 5) is 22.7. The first kappa shape index (κ1) is 16.1. The van der Waals surface area contributed by atoms with Gasteiger partial charge in [-0.05, 0) is 26.7 Å². The van der Waals surface area contributed by atoms with Crippen molar-refractivity contribution in [2.75, 3.05) is 26.2 Å². The Morgan fingerprint density at radius 1 is 1.38 bits per heavy atom. The number of amides is 1. The molecule has 130 valence electrons. The molecule has 0 saturated carbocycles. The Kier molecular flexibility index (Phi) is 4.32. The van der Waals surface area contributed by atoms with Crippen LogP contribution in [0.2, 0.25) is 0 Å². The van der Waals surface area contributed by atoms with Gasteiger partial charge in [-0.3, -0.25) is 14.1 Å². The summed E-state index contributed by atoms with van der Waals surface area (Å²) >= 11 is 1.57. The lowest BCUT2D eigenvalue weighted by molar-refractivity contribution is -0.0715. The predicted octanol–water partition coefficient (Wildman–Crippen LogP) is 2.11. The molecule has 3 atom stereocenters. The maximum absolute atomic E-state index is 13.0. The third-order valence-electron chi connectivity index (χ3n) is 4.98. The number of hydrogen-bond acceptors (Lipinski definition) is 5. The van der Waals surface area contributed by atoms with E-state index in [2.05, 4.69) is 28.6 Å². The van der Waals surface area contributed by atoms with Gasteiger partial charge in [0.25, 0.3) is 5.91 Å². The topological polar surface area (TPSA) is 50.1 Å². The summed E-state index contributed by atoms with van der Waals surface area (Å²) in [7, 11) is 0. The highest BCUT2D eigenvalue weighted by molar-refractivity contribution is 7.15. The molecule has 0 radical (unpaired) electrons. The third-order valence-corrected chi connectivity index (χ3v) is 5.86. The van der Waals surface area contributed by atoms with Gasteiger partial charge in [0.15, 0.2) is 0 Å². The zero-order chi connectivity index (χ0) is 16.7. The molecule has 24 heavy (non-hydrogen) atoms. The van der Waals surface area contributed by atoms with E-state index in [1.807, 2.05) is 9.78 Å². The highest BCUT2D eigenvalue weighted by Gasteiger charge is 2.33. The molecular formula is C17H24N4O2S. The van der Waals surface area contributed by atoms with E-state index in [0.29, 0.717) is 6.04 Å². The number of rotatable bonds is 3. The standard InChI is InChI=1S/C17H24N4O2S/c1-12-7-19(8-13(2)23-12)9-14-4-3-5-20(14)17(22)15-10-24-16-6-18-11-21(15)16/h6,10-14H,3-5,7-9H2,1-2H3/t12-,13-,14+/m1/s1. The van der Waals surface area contributed by atoms with Crippen molar-refractivity contribution in [2.24, 2.45) is 0 Å². The van der Waals surface area contributed by atoms with Crippen LogP contribution in [0.1, 0.15) is 37.2 Å². The average molecular weight is 348 g/mol. The monoisotopic (exact) mass is 348 g/mol. The summed E-state index contributed by atoms with van der Waals surface area (Å²) in [5.74, 6) is 0.135. The number of hydrogen-bond donors (Lipinski definition) is 0. The molecule has 2 aliphatic rings. The molecule has 6 nitrogen and oxygen atoms in total. The average Bonchev–Trinajstić information content (AvgIpc) is 3.21. The summed E-state index contributed by atoms with van der Waals surface area (Å²) in [6.07, 6.45) is 6.24. The maximum Gasteiger partial charge on any atom is 0.272 e. The molecule has 2 aromatic rings. The van der Waals surface area contributed by atoms with Crippen LogP contribution in [-0.2, 0) is 4.74 Å². The molecule has 0 aromatic carbocycles. The van der Waals surface area contributed by atoms with Gasteiger partial charge in [0.05, 0.1) is 18.4 Å². The van der Waals surface area contributed by atoms with Crippen molar-refractivity contribution in [3.8, 4) is 0 Å². The zero-order valence-electron chi connectivity index (χ0n) is 14.2. The summed E-state index contributed by atoms with van der Waals surface area (Å²) in [5.41, 5.74) is 0.739. The van der Waals surface area contributed by atoms with Crippen molar-refractivity contribution in [1.82, 2.24) is 19.2 Å². The van der Waals surface area contributed by atoms with Gasteiger partial charge >= 0.3 is 0 Å². The summed E-state index contributed by atoms with van der Waals surface area (Å²) in [5, 5.41) is 1.95. The first-order valence-electron chi connectivity index (χ1n) is 8.70. The summed E-state index contributed by atoms with van der Waals surface area (Å²) < 4.78 is 7.73. The zero-order valence-corrected chi connectivity index (χ0v) is 15.0. The van der Waals surface area contributed by atoms with E-state index in [1.165, 1.54) is 0 Å². The highest BCUT2D eigenvalue weighted by atomic mass is 32.1. The van der Waals surface area contributed by atoms with Crippen LogP contribution < -0.4 is 0 Å². The van der Waals surface area contributed by atoms with Crippen molar-refractivity contribution < 1.29 is 9.53 Å². The molecule has 2 aliphatic heterocycles. The van der Waals surface area contributed by atoms with Crippen molar-refractivity contribution in [1.29, 1.82) is 0 Å². The lowest BCUT2D eigenvalue weighted by atomic mass is 10.1. The van der Waals surface area contributed by atoms with Gasteiger partial charge in [0, 0.05) is 37.6 Å². The largest absolute Gasteiger partial charge is 0.373 e. The number of likely N-dealkylation sites (tertiary alicyclic amines) is 1. The Morgan fingerprint density at radius 3 is 2.96 bits per heavy atom. The minimum atomic E-state index is 0.135. The van der Waals surface area contributed by atoms with E-state index in [4.69, 9.17) is 4.74 Å². The normalized spacial score (nSPS) is 28.8. The third kappa shape index (κ3) is 2.96. The van der Waals surface area contributed by atoms with Gasteiger partial charge in [-0.15, -0.1) is 11.3 Å². The van der Waals surface area contributed by atoms with Gasteiger partial charge in [-0.2, -0.15) is 0 Å². The Balaban J connectivity index is 1.48. The fourth-order valence-corrected chi connectivity index (χ4v) is 4.88. The van der Waals surface area contributed by atoms with E-state index in [1.54, 1.807) is 23.9 Å². The van der Waals surface area contributed by atoms with Crippen LogP contribution in [0.4, 0.5) is 0 Å². The molecule has 0 unspecified atom stereocenters. The van der Waals surface area contributed by atoms with Crippen LogP contribution in [0.3, 0.4) is 0 Å². The number of aromatic nitrogens is 2. The molecule has 0 N–H and O–H groups in total. The SMILES string of the molecule is C[C@@H]1CN(C[C@@H]2CCCN2C(=O)c2csc3cncn23)C[C@@H](C)O1. The smallest absolute Gasteiger partial charge is 0.272 e. The maximum atomic E-state index is 13.0.